The lowest BCUT2D eigenvalue weighted by molar-refractivity contribution is 0.374. The van der Waals surface area contributed by atoms with Gasteiger partial charge in [-0.05, 0) is 0 Å². The van der Waals surface area contributed by atoms with E-state index in [0.29, 0.717) is 0 Å². The molecule has 2 aromatic rings. The largest absolute Gasteiger partial charge is 0.496 e. The standard InChI is InChI=1S/C16H16Cl2O10S2/c1-25-9-5-7(17)15(29(19,20)21)13(27-3)11(9)12-10(26-2)6-8(18)16(14(12)28-4)30(22,23)24/h5-6H,1-4H3,(H,19,20,21)(H,22,23,24). The van der Waals surface area contributed by atoms with Crippen molar-refractivity contribution >= 4 is 43.4 Å². The van der Waals surface area contributed by atoms with Crippen molar-refractivity contribution in [3.63, 3.8) is 0 Å². The van der Waals surface area contributed by atoms with Gasteiger partial charge in [0.15, 0.2) is 21.3 Å². The first kappa shape index (κ1) is 24.3. The van der Waals surface area contributed by atoms with Crippen LogP contribution in [0.3, 0.4) is 0 Å². The molecule has 10 nitrogen and oxygen atoms in total. The summed E-state index contributed by atoms with van der Waals surface area (Å²) in [7, 11) is -5.20. The van der Waals surface area contributed by atoms with Crippen molar-refractivity contribution in [2.75, 3.05) is 28.4 Å². The van der Waals surface area contributed by atoms with Crippen LogP contribution in [0.4, 0.5) is 0 Å². The number of hydrogen-bond donors (Lipinski definition) is 2. The summed E-state index contributed by atoms with van der Waals surface area (Å²) in [5.74, 6) is -1.18. The van der Waals surface area contributed by atoms with Crippen LogP contribution in [0.15, 0.2) is 21.9 Å². The van der Waals surface area contributed by atoms with Crippen LogP contribution >= 0.6 is 23.2 Å². The molecular formula is C16H16Cl2O10S2. The summed E-state index contributed by atoms with van der Waals surface area (Å²) >= 11 is 12.0. The van der Waals surface area contributed by atoms with E-state index in [9.17, 15) is 25.9 Å². The first-order chi connectivity index (χ1) is 13.8. The van der Waals surface area contributed by atoms with Crippen molar-refractivity contribution in [1.82, 2.24) is 0 Å². The molecule has 2 aromatic carbocycles. The number of rotatable bonds is 7. The number of ether oxygens (including phenoxy) is 4. The molecule has 0 unspecified atom stereocenters. The van der Waals surface area contributed by atoms with Gasteiger partial charge >= 0.3 is 0 Å². The highest BCUT2D eigenvalue weighted by atomic mass is 35.5. The van der Waals surface area contributed by atoms with Crippen molar-refractivity contribution < 1.29 is 44.9 Å². The quantitative estimate of drug-likeness (QED) is 0.540. The maximum Gasteiger partial charge on any atom is 0.299 e. The minimum absolute atomic E-state index is 0.0931. The molecular weight excluding hydrogens is 487 g/mol. The molecule has 0 saturated carbocycles. The second-order valence-corrected chi connectivity index (χ2v) is 9.08. The van der Waals surface area contributed by atoms with Crippen molar-refractivity contribution in [3.05, 3.63) is 22.2 Å². The highest BCUT2D eigenvalue weighted by Crippen LogP contribution is 2.54. The van der Waals surface area contributed by atoms with Crippen LogP contribution in [0.1, 0.15) is 0 Å². The van der Waals surface area contributed by atoms with E-state index in [1.165, 1.54) is 14.2 Å². The molecule has 166 valence electrons. The van der Waals surface area contributed by atoms with E-state index < -0.39 is 51.6 Å². The Bertz CT molecular complexity index is 1110. The third-order valence-corrected chi connectivity index (χ3v) is 6.59. The van der Waals surface area contributed by atoms with Crippen LogP contribution in [-0.4, -0.2) is 54.4 Å². The summed E-state index contributed by atoms with van der Waals surface area (Å²) in [6, 6.07) is 2.12. The minimum atomic E-state index is -4.91. The molecule has 30 heavy (non-hydrogen) atoms. The maximum absolute atomic E-state index is 11.9. The van der Waals surface area contributed by atoms with Gasteiger partial charge in [-0.2, -0.15) is 16.8 Å². The Hall–Kier alpha value is -1.96. The number of hydrogen-bond acceptors (Lipinski definition) is 8. The Morgan fingerprint density at radius 2 is 0.967 bits per heavy atom. The lowest BCUT2D eigenvalue weighted by Gasteiger charge is -2.22. The van der Waals surface area contributed by atoms with Crippen LogP contribution in [-0.2, 0) is 20.2 Å². The first-order valence-electron chi connectivity index (χ1n) is 7.67. The molecule has 0 aliphatic rings. The predicted molar refractivity (Wildman–Crippen MR) is 108 cm³/mol. The van der Waals surface area contributed by atoms with Crippen molar-refractivity contribution in [2.45, 2.75) is 9.79 Å². The van der Waals surface area contributed by atoms with Crippen LogP contribution < -0.4 is 18.9 Å². The van der Waals surface area contributed by atoms with Crippen LogP contribution in [0.5, 0.6) is 23.0 Å². The van der Waals surface area contributed by atoms with Crippen molar-refractivity contribution in [3.8, 4) is 34.1 Å². The van der Waals surface area contributed by atoms with Crippen LogP contribution in [0, 0.1) is 0 Å². The Balaban J connectivity index is 3.27. The normalized spacial score (nSPS) is 11.9. The highest BCUT2D eigenvalue weighted by molar-refractivity contribution is 7.86. The Labute approximate surface area is 182 Å². The molecule has 0 fully saturated rings. The smallest absolute Gasteiger partial charge is 0.299 e. The lowest BCUT2D eigenvalue weighted by atomic mass is 10.0. The van der Waals surface area contributed by atoms with E-state index in [1.54, 1.807) is 0 Å². The van der Waals surface area contributed by atoms with Gasteiger partial charge in [-0.15, -0.1) is 0 Å². The van der Waals surface area contributed by atoms with Gasteiger partial charge in [-0.25, -0.2) is 0 Å². The third-order valence-electron chi connectivity index (χ3n) is 3.92. The fraction of sp³-hybridized carbons (Fsp3) is 0.250. The zero-order valence-electron chi connectivity index (χ0n) is 15.9. The maximum atomic E-state index is 11.9. The van der Waals surface area contributed by atoms with E-state index in [0.717, 1.165) is 26.4 Å². The SMILES string of the molecule is COc1cc(Cl)c(S(=O)(=O)O)c(OC)c1-c1c(OC)cc(Cl)c(S(=O)(=O)O)c1OC. The zero-order valence-corrected chi connectivity index (χ0v) is 19.0. The molecule has 0 radical (unpaired) electrons. The van der Waals surface area contributed by atoms with E-state index in [1.807, 2.05) is 0 Å². The van der Waals surface area contributed by atoms with E-state index in [2.05, 4.69) is 0 Å². The lowest BCUT2D eigenvalue weighted by Crippen LogP contribution is -2.08. The molecule has 0 spiro atoms. The van der Waals surface area contributed by atoms with Crippen molar-refractivity contribution in [1.29, 1.82) is 0 Å². The summed E-state index contributed by atoms with van der Waals surface area (Å²) in [5.41, 5.74) is -0.403. The van der Waals surface area contributed by atoms with Gasteiger partial charge in [0.2, 0.25) is 0 Å². The topological polar surface area (TPSA) is 146 Å². The molecule has 0 saturated heterocycles. The van der Waals surface area contributed by atoms with Gasteiger partial charge < -0.3 is 18.9 Å². The average molecular weight is 503 g/mol. The predicted octanol–water partition coefficient (Wildman–Crippen LogP) is 3.19. The van der Waals surface area contributed by atoms with E-state index in [4.69, 9.17) is 42.1 Å². The molecule has 2 rings (SSSR count). The van der Waals surface area contributed by atoms with E-state index in [-0.39, 0.29) is 22.6 Å². The van der Waals surface area contributed by atoms with Crippen LogP contribution in [0.2, 0.25) is 10.0 Å². The molecule has 0 atom stereocenters. The second kappa shape index (κ2) is 8.65. The van der Waals surface area contributed by atoms with Crippen LogP contribution in [0.25, 0.3) is 11.1 Å². The summed E-state index contributed by atoms with van der Waals surface area (Å²) in [6.45, 7) is 0. The fourth-order valence-electron chi connectivity index (χ4n) is 2.84. The summed E-state index contributed by atoms with van der Waals surface area (Å²) in [6.07, 6.45) is 0. The van der Waals surface area contributed by atoms with Gasteiger partial charge in [0.1, 0.15) is 11.5 Å². The van der Waals surface area contributed by atoms with Gasteiger partial charge in [0.25, 0.3) is 20.2 Å². The number of benzene rings is 2. The average Bonchev–Trinajstić information content (AvgIpc) is 2.63. The third kappa shape index (κ3) is 4.24. The molecule has 0 amide bonds. The molecule has 14 heteroatoms. The van der Waals surface area contributed by atoms with Crippen molar-refractivity contribution in [2.24, 2.45) is 0 Å². The Morgan fingerprint density at radius 3 is 1.17 bits per heavy atom. The monoisotopic (exact) mass is 502 g/mol. The van der Waals surface area contributed by atoms with Gasteiger partial charge in [0.05, 0.1) is 49.6 Å². The zero-order chi connectivity index (χ0) is 23.0. The van der Waals surface area contributed by atoms with Gasteiger partial charge in [-0.1, -0.05) is 23.2 Å². The fourth-order valence-corrected chi connectivity index (χ4v) is 5.24. The summed E-state index contributed by atoms with van der Waals surface area (Å²) in [5, 5.41) is -0.867. The van der Waals surface area contributed by atoms with Gasteiger partial charge in [-0.3, -0.25) is 9.11 Å². The molecule has 0 bridgehead atoms. The Kier molecular flexibility index (Phi) is 7.01. The molecule has 0 aromatic heterocycles. The van der Waals surface area contributed by atoms with E-state index >= 15 is 0 Å². The highest BCUT2D eigenvalue weighted by Gasteiger charge is 2.34. The minimum Gasteiger partial charge on any atom is -0.496 e. The summed E-state index contributed by atoms with van der Waals surface area (Å²) in [4.78, 5) is -1.62. The molecule has 0 aliphatic carbocycles. The summed E-state index contributed by atoms with van der Waals surface area (Å²) < 4.78 is 87.9. The van der Waals surface area contributed by atoms with Gasteiger partial charge in [0, 0.05) is 12.1 Å². The molecule has 0 heterocycles. The number of methoxy groups -OCH3 is 4. The number of halogens is 2. The Morgan fingerprint density at radius 1 is 0.667 bits per heavy atom. The molecule has 0 aliphatic heterocycles. The first-order valence-corrected chi connectivity index (χ1v) is 11.3. The second-order valence-electron chi connectivity index (χ2n) is 5.55. The molecule has 2 N–H and O–H groups in total.